The third-order valence-corrected chi connectivity index (χ3v) is 4.63. The molecule has 4 aromatic rings. The SMILES string of the molecule is O=C(Oc1cccc2c1Oc1nc3ccccc3nc1O2)c1cccs1. The zero-order valence-corrected chi connectivity index (χ0v) is 14.0. The van der Waals surface area contributed by atoms with E-state index in [1.165, 1.54) is 11.3 Å². The molecular formula is C19H10N2O4S. The number of nitrogens with zero attached hydrogens (tertiary/aromatic N) is 2. The van der Waals surface area contributed by atoms with E-state index in [-0.39, 0.29) is 17.5 Å². The first-order chi connectivity index (χ1) is 12.8. The maximum Gasteiger partial charge on any atom is 0.353 e. The summed E-state index contributed by atoms with van der Waals surface area (Å²) in [4.78, 5) is 21.6. The maximum atomic E-state index is 12.2. The number of fused-ring (bicyclic) bond motifs is 3. The fourth-order valence-electron chi connectivity index (χ4n) is 2.60. The van der Waals surface area contributed by atoms with Crippen LogP contribution in [0.2, 0.25) is 0 Å². The van der Waals surface area contributed by atoms with Crippen molar-refractivity contribution in [2.45, 2.75) is 0 Å². The van der Waals surface area contributed by atoms with Gasteiger partial charge in [0.25, 0.3) is 11.8 Å². The summed E-state index contributed by atoms with van der Waals surface area (Å²) < 4.78 is 17.2. The fourth-order valence-corrected chi connectivity index (χ4v) is 3.20. The van der Waals surface area contributed by atoms with Crippen molar-refractivity contribution in [3.05, 3.63) is 64.9 Å². The summed E-state index contributed by atoms with van der Waals surface area (Å²) in [6.45, 7) is 0. The molecule has 0 bridgehead atoms. The predicted octanol–water partition coefficient (Wildman–Crippen LogP) is 4.81. The molecule has 0 unspecified atom stereocenters. The second kappa shape index (κ2) is 5.82. The van der Waals surface area contributed by atoms with Crippen LogP contribution in [0.15, 0.2) is 60.0 Å². The minimum atomic E-state index is -0.451. The summed E-state index contributed by atoms with van der Waals surface area (Å²) >= 11 is 1.31. The van der Waals surface area contributed by atoms with Gasteiger partial charge in [-0.3, -0.25) is 0 Å². The Labute approximate surface area is 151 Å². The molecule has 0 N–H and O–H groups in total. The molecule has 7 heteroatoms. The van der Waals surface area contributed by atoms with Gasteiger partial charge in [0.05, 0.1) is 11.0 Å². The summed E-state index contributed by atoms with van der Waals surface area (Å²) in [7, 11) is 0. The molecule has 0 radical (unpaired) electrons. The van der Waals surface area contributed by atoms with E-state index in [1.54, 1.807) is 30.3 Å². The number of rotatable bonds is 2. The molecule has 0 atom stereocenters. The van der Waals surface area contributed by atoms with Gasteiger partial charge in [-0.25, -0.2) is 14.8 Å². The smallest absolute Gasteiger partial charge is 0.353 e. The first-order valence-electron chi connectivity index (χ1n) is 7.79. The zero-order chi connectivity index (χ0) is 17.5. The van der Waals surface area contributed by atoms with Crippen molar-refractivity contribution in [3.63, 3.8) is 0 Å². The van der Waals surface area contributed by atoms with Gasteiger partial charge in [-0.15, -0.1) is 11.3 Å². The average molecular weight is 362 g/mol. The van der Waals surface area contributed by atoms with Gasteiger partial charge in [0, 0.05) is 0 Å². The maximum absolute atomic E-state index is 12.2. The Morgan fingerprint density at radius 3 is 2.38 bits per heavy atom. The Balaban J connectivity index is 1.53. The average Bonchev–Trinajstić information content (AvgIpc) is 3.20. The Hall–Kier alpha value is -3.45. The lowest BCUT2D eigenvalue weighted by Gasteiger charge is -2.20. The number of aromatic nitrogens is 2. The lowest BCUT2D eigenvalue weighted by Crippen LogP contribution is -2.09. The predicted molar refractivity (Wildman–Crippen MR) is 95.4 cm³/mol. The first kappa shape index (κ1) is 14.9. The zero-order valence-electron chi connectivity index (χ0n) is 13.2. The second-order valence-corrected chi connectivity index (χ2v) is 6.42. The van der Waals surface area contributed by atoms with Crippen molar-refractivity contribution in [2.24, 2.45) is 0 Å². The molecule has 0 saturated heterocycles. The van der Waals surface area contributed by atoms with E-state index in [1.807, 2.05) is 29.6 Å². The molecule has 126 valence electrons. The summed E-state index contributed by atoms with van der Waals surface area (Å²) in [5, 5.41) is 1.81. The first-order valence-corrected chi connectivity index (χ1v) is 8.67. The van der Waals surface area contributed by atoms with Crippen molar-refractivity contribution in [1.82, 2.24) is 9.97 Å². The van der Waals surface area contributed by atoms with Gasteiger partial charge in [0.2, 0.25) is 5.75 Å². The Morgan fingerprint density at radius 1 is 0.885 bits per heavy atom. The molecule has 5 rings (SSSR count). The van der Waals surface area contributed by atoms with Gasteiger partial charge in [0.15, 0.2) is 11.5 Å². The number of benzene rings is 2. The van der Waals surface area contributed by atoms with Gasteiger partial charge >= 0.3 is 5.97 Å². The second-order valence-electron chi connectivity index (χ2n) is 5.48. The standard InChI is InChI=1S/C19H10N2O4S/c22-19(15-9-4-10-26-15)24-14-8-3-7-13-16(14)25-18-17(23-13)20-11-5-1-2-6-12(11)21-18/h1-10H. The number of hydrogen-bond acceptors (Lipinski definition) is 7. The normalized spacial score (nSPS) is 11.8. The van der Waals surface area contributed by atoms with Crippen LogP contribution in [-0.4, -0.2) is 15.9 Å². The number of carbonyl (C=O) groups is 1. The molecule has 0 saturated carbocycles. The lowest BCUT2D eigenvalue weighted by atomic mass is 10.2. The summed E-state index contributed by atoms with van der Waals surface area (Å²) in [6.07, 6.45) is 0. The number of carbonyl (C=O) groups excluding carboxylic acids is 1. The van der Waals surface area contributed by atoms with E-state index < -0.39 is 5.97 Å². The lowest BCUT2D eigenvalue weighted by molar-refractivity contribution is 0.0734. The fraction of sp³-hybridized carbons (Fsp3) is 0. The highest BCUT2D eigenvalue weighted by molar-refractivity contribution is 7.12. The van der Waals surface area contributed by atoms with Gasteiger partial charge in [-0.05, 0) is 35.7 Å². The highest BCUT2D eigenvalue weighted by Gasteiger charge is 2.26. The van der Waals surface area contributed by atoms with Crippen LogP contribution in [0.5, 0.6) is 29.0 Å². The summed E-state index contributed by atoms with van der Waals surface area (Å²) in [5.41, 5.74) is 1.39. The molecule has 26 heavy (non-hydrogen) atoms. The molecule has 1 aliphatic rings. The Morgan fingerprint density at radius 2 is 1.65 bits per heavy atom. The van der Waals surface area contributed by atoms with Crippen LogP contribution >= 0.6 is 11.3 Å². The highest BCUT2D eigenvalue weighted by atomic mass is 32.1. The van der Waals surface area contributed by atoms with E-state index in [4.69, 9.17) is 14.2 Å². The molecule has 1 aliphatic heterocycles. The van der Waals surface area contributed by atoms with Crippen LogP contribution in [0, 0.1) is 0 Å². The van der Waals surface area contributed by atoms with E-state index in [0.29, 0.717) is 27.4 Å². The third-order valence-electron chi connectivity index (χ3n) is 3.78. The van der Waals surface area contributed by atoms with Gasteiger partial charge in [-0.1, -0.05) is 24.3 Å². The van der Waals surface area contributed by atoms with Gasteiger partial charge < -0.3 is 14.2 Å². The van der Waals surface area contributed by atoms with Crippen LogP contribution in [0.3, 0.4) is 0 Å². The summed E-state index contributed by atoms with van der Waals surface area (Å²) in [5.74, 6) is 1.04. The van der Waals surface area contributed by atoms with Crippen LogP contribution in [0.25, 0.3) is 11.0 Å². The Kier molecular flexibility index (Phi) is 3.32. The molecular weight excluding hydrogens is 352 g/mol. The molecule has 0 spiro atoms. The van der Waals surface area contributed by atoms with Crippen LogP contribution < -0.4 is 14.2 Å². The highest BCUT2D eigenvalue weighted by Crippen LogP contribution is 2.48. The van der Waals surface area contributed by atoms with Crippen molar-refractivity contribution >= 4 is 28.3 Å². The topological polar surface area (TPSA) is 70.5 Å². The van der Waals surface area contributed by atoms with Gasteiger partial charge in [-0.2, -0.15) is 0 Å². The minimum absolute atomic E-state index is 0.232. The van der Waals surface area contributed by atoms with Crippen molar-refractivity contribution in [1.29, 1.82) is 0 Å². The van der Waals surface area contributed by atoms with E-state index in [2.05, 4.69) is 9.97 Å². The number of hydrogen-bond donors (Lipinski definition) is 0. The molecule has 6 nitrogen and oxygen atoms in total. The number of para-hydroxylation sites is 3. The van der Waals surface area contributed by atoms with E-state index in [9.17, 15) is 4.79 Å². The molecule has 2 aromatic carbocycles. The summed E-state index contributed by atoms with van der Waals surface area (Å²) in [6, 6.07) is 16.0. The van der Waals surface area contributed by atoms with Crippen molar-refractivity contribution < 1.29 is 19.0 Å². The number of esters is 1. The molecule has 0 amide bonds. The number of thiophene rings is 1. The van der Waals surface area contributed by atoms with Crippen LogP contribution in [-0.2, 0) is 0 Å². The van der Waals surface area contributed by atoms with E-state index in [0.717, 1.165) is 0 Å². The minimum Gasteiger partial charge on any atom is -0.431 e. The number of ether oxygens (including phenoxy) is 3. The molecule has 2 aromatic heterocycles. The third kappa shape index (κ3) is 2.46. The van der Waals surface area contributed by atoms with Crippen molar-refractivity contribution in [2.75, 3.05) is 0 Å². The largest absolute Gasteiger partial charge is 0.431 e. The van der Waals surface area contributed by atoms with Crippen LogP contribution in [0.4, 0.5) is 0 Å². The van der Waals surface area contributed by atoms with Gasteiger partial charge in [0.1, 0.15) is 4.88 Å². The van der Waals surface area contributed by atoms with E-state index >= 15 is 0 Å². The molecule has 3 heterocycles. The van der Waals surface area contributed by atoms with Crippen LogP contribution in [0.1, 0.15) is 9.67 Å². The van der Waals surface area contributed by atoms with Crippen molar-refractivity contribution in [3.8, 4) is 29.0 Å². The quantitative estimate of drug-likeness (QED) is 0.332. The Bertz CT molecular complexity index is 1140. The molecule has 0 fully saturated rings. The monoisotopic (exact) mass is 362 g/mol. The molecule has 0 aliphatic carbocycles.